The highest BCUT2D eigenvalue weighted by Crippen LogP contribution is 2.25. The quantitative estimate of drug-likeness (QED) is 0.732. The molecular weight excluding hydrogens is 264 g/mol. The summed E-state index contributed by atoms with van der Waals surface area (Å²) in [7, 11) is 0. The fourth-order valence-electron chi connectivity index (χ4n) is 1.90. The first-order valence-electron chi connectivity index (χ1n) is 5.94. The Bertz CT molecular complexity index is 557. The van der Waals surface area contributed by atoms with Crippen molar-refractivity contribution < 1.29 is 4.79 Å². The number of hydrogen-bond acceptors (Lipinski definition) is 2. The van der Waals surface area contributed by atoms with Crippen LogP contribution in [-0.4, -0.2) is 5.78 Å². The normalized spacial score (nSPS) is 10.9. The van der Waals surface area contributed by atoms with E-state index in [0.717, 1.165) is 12.0 Å². The lowest BCUT2D eigenvalue weighted by Crippen LogP contribution is -2.01. The van der Waals surface area contributed by atoms with E-state index in [1.54, 1.807) is 6.07 Å². The second kappa shape index (κ2) is 5.68. The number of rotatable bonds is 4. The van der Waals surface area contributed by atoms with Crippen LogP contribution in [0.25, 0.3) is 0 Å². The molecule has 2 rings (SSSR count). The fraction of sp³-hybridized carbons (Fsp3) is 0.267. The molecule has 2 aromatic rings. The highest BCUT2D eigenvalue weighted by molar-refractivity contribution is 7.13. The Balaban J connectivity index is 2.29. The molecule has 1 aromatic carbocycles. The topological polar surface area (TPSA) is 17.1 Å². The third kappa shape index (κ3) is 3.01. The Kier molecular flexibility index (Phi) is 4.20. The van der Waals surface area contributed by atoms with E-state index >= 15 is 0 Å². The Morgan fingerprint density at radius 3 is 2.72 bits per heavy atom. The molecule has 0 N–H and O–H groups in total. The summed E-state index contributed by atoms with van der Waals surface area (Å²) in [6.45, 7) is 4.34. The van der Waals surface area contributed by atoms with Gasteiger partial charge in [0, 0.05) is 5.56 Å². The molecule has 94 valence electrons. The van der Waals surface area contributed by atoms with Crippen LogP contribution in [0.15, 0.2) is 35.7 Å². The molecule has 1 aromatic heterocycles. The first kappa shape index (κ1) is 13.3. The summed E-state index contributed by atoms with van der Waals surface area (Å²) in [4.78, 5) is 12.9. The van der Waals surface area contributed by atoms with E-state index in [1.807, 2.05) is 23.6 Å². The number of halogens is 1. The van der Waals surface area contributed by atoms with E-state index in [1.165, 1.54) is 16.9 Å². The summed E-state index contributed by atoms with van der Waals surface area (Å²) in [6.07, 6.45) is 0.985. The maximum absolute atomic E-state index is 12.3. The van der Waals surface area contributed by atoms with Crippen LogP contribution in [0.1, 0.15) is 34.6 Å². The van der Waals surface area contributed by atoms with E-state index in [2.05, 4.69) is 19.9 Å². The molecule has 0 saturated carbocycles. The maximum Gasteiger partial charge on any atom is 0.204 e. The van der Waals surface area contributed by atoms with Gasteiger partial charge in [0.05, 0.1) is 9.90 Å². The number of hydrogen-bond donors (Lipinski definition) is 0. The Hall–Kier alpha value is -1.12. The third-order valence-electron chi connectivity index (χ3n) is 2.66. The molecular formula is C15H15ClOS. The first-order valence-corrected chi connectivity index (χ1v) is 7.20. The van der Waals surface area contributed by atoms with Gasteiger partial charge in [0.2, 0.25) is 5.78 Å². The van der Waals surface area contributed by atoms with Gasteiger partial charge in [-0.25, -0.2) is 0 Å². The summed E-state index contributed by atoms with van der Waals surface area (Å²) in [5.74, 6) is 0.598. The van der Waals surface area contributed by atoms with Crippen LogP contribution in [0, 0.1) is 5.92 Å². The van der Waals surface area contributed by atoms with Crippen LogP contribution in [-0.2, 0) is 6.42 Å². The largest absolute Gasteiger partial charge is 0.288 e. The highest BCUT2D eigenvalue weighted by Gasteiger charge is 2.14. The molecule has 0 aliphatic heterocycles. The van der Waals surface area contributed by atoms with Crippen molar-refractivity contribution in [3.8, 4) is 0 Å². The molecule has 0 atom stereocenters. The van der Waals surface area contributed by atoms with Gasteiger partial charge >= 0.3 is 0 Å². The molecule has 0 amide bonds. The third-order valence-corrected chi connectivity index (χ3v) is 4.00. The van der Waals surface area contributed by atoms with Gasteiger partial charge in [-0.2, -0.15) is 0 Å². The number of ketones is 1. The summed E-state index contributed by atoms with van der Waals surface area (Å²) >= 11 is 7.39. The Labute approximate surface area is 116 Å². The van der Waals surface area contributed by atoms with Crippen molar-refractivity contribution in [1.82, 2.24) is 0 Å². The lowest BCUT2D eigenvalue weighted by Gasteiger charge is -2.06. The molecule has 0 aliphatic rings. The van der Waals surface area contributed by atoms with Crippen LogP contribution in [0.5, 0.6) is 0 Å². The molecule has 1 heterocycles. The number of carbonyl (C=O) groups excluding carboxylic acids is 1. The predicted molar refractivity (Wildman–Crippen MR) is 77.7 cm³/mol. The van der Waals surface area contributed by atoms with Gasteiger partial charge in [0.1, 0.15) is 0 Å². The Morgan fingerprint density at radius 1 is 1.33 bits per heavy atom. The van der Waals surface area contributed by atoms with E-state index in [0.29, 0.717) is 15.8 Å². The van der Waals surface area contributed by atoms with Gasteiger partial charge in [-0.05, 0) is 35.4 Å². The summed E-state index contributed by atoms with van der Waals surface area (Å²) in [5.41, 5.74) is 1.92. The van der Waals surface area contributed by atoms with Crippen LogP contribution >= 0.6 is 22.9 Å². The van der Waals surface area contributed by atoms with Crippen LogP contribution in [0.4, 0.5) is 0 Å². The van der Waals surface area contributed by atoms with Gasteiger partial charge in [0.15, 0.2) is 0 Å². The monoisotopic (exact) mass is 278 g/mol. The highest BCUT2D eigenvalue weighted by atomic mass is 35.5. The molecule has 18 heavy (non-hydrogen) atoms. The van der Waals surface area contributed by atoms with Crippen molar-refractivity contribution in [3.05, 3.63) is 56.7 Å². The lowest BCUT2D eigenvalue weighted by atomic mass is 9.99. The van der Waals surface area contributed by atoms with E-state index < -0.39 is 0 Å². The van der Waals surface area contributed by atoms with Gasteiger partial charge in [-0.15, -0.1) is 11.3 Å². The fourth-order valence-corrected chi connectivity index (χ4v) is 3.00. The molecule has 1 nitrogen and oxygen atoms in total. The molecule has 3 heteroatoms. The minimum Gasteiger partial charge on any atom is -0.288 e. The average molecular weight is 279 g/mol. The van der Waals surface area contributed by atoms with Crippen molar-refractivity contribution in [2.45, 2.75) is 20.3 Å². The zero-order chi connectivity index (χ0) is 13.1. The molecule has 0 saturated heterocycles. The van der Waals surface area contributed by atoms with Crippen LogP contribution < -0.4 is 0 Å². The summed E-state index contributed by atoms with van der Waals surface area (Å²) in [5, 5.41) is 2.38. The second-order valence-electron chi connectivity index (χ2n) is 4.73. The van der Waals surface area contributed by atoms with Gasteiger partial charge in [-0.3, -0.25) is 4.79 Å². The molecule has 0 fully saturated rings. The van der Waals surface area contributed by atoms with E-state index in [9.17, 15) is 4.79 Å². The average Bonchev–Trinajstić information content (AvgIpc) is 2.74. The zero-order valence-corrected chi connectivity index (χ0v) is 12.0. The van der Waals surface area contributed by atoms with E-state index in [4.69, 9.17) is 11.6 Å². The Morgan fingerprint density at radius 2 is 2.11 bits per heavy atom. The van der Waals surface area contributed by atoms with E-state index in [-0.39, 0.29) is 5.78 Å². The van der Waals surface area contributed by atoms with Crippen molar-refractivity contribution in [2.24, 2.45) is 5.92 Å². The van der Waals surface area contributed by atoms with Gasteiger partial charge in [-0.1, -0.05) is 43.6 Å². The molecule has 0 aliphatic carbocycles. The van der Waals surface area contributed by atoms with Gasteiger partial charge in [0.25, 0.3) is 0 Å². The number of benzene rings is 1. The van der Waals surface area contributed by atoms with Gasteiger partial charge < -0.3 is 0 Å². The number of thiophene rings is 1. The number of carbonyl (C=O) groups is 1. The van der Waals surface area contributed by atoms with Crippen LogP contribution in [0.3, 0.4) is 0 Å². The smallest absolute Gasteiger partial charge is 0.204 e. The molecule has 0 radical (unpaired) electrons. The minimum absolute atomic E-state index is 0.0145. The second-order valence-corrected chi connectivity index (χ2v) is 6.05. The minimum atomic E-state index is 0.0145. The van der Waals surface area contributed by atoms with Crippen LogP contribution in [0.2, 0.25) is 5.02 Å². The predicted octanol–water partition coefficient (Wildman–Crippen LogP) is 4.83. The lowest BCUT2D eigenvalue weighted by molar-refractivity contribution is 0.104. The van der Waals surface area contributed by atoms with Crippen molar-refractivity contribution in [1.29, 1.82) is 0 Å². The summed E-state index contributed by atoms with van der Waals surface area (Å²) < 4.78 is 0. The molecule has 0 bridgehead atoms. The summed E-state index contributed by atoms with van der Waals surface area (Å²) in [6, 6.07) is 9.58. The molecule has 0 spiro atoms. The van der Waals surface area contributed by atoms with Crippen molar-refractivity contribution in [2.75, 3.05) is 0 Å². The van der Waals surface area contributed by atoms with Crippen molar-refractivity contribution in [3.63, 3.8) is 0 Å². The standard InChI is InChI=1S/C15H15ClOS/c1-10(2)8-11-4-3-5-12(9-11)14(17)15-13(16)6-7-18-15/h3-7,9-10H,8H2,1-2H3. The maximum atomic E-state index is 12.3. The first-order chi connectivity index (χ1) is 8.58. The van der Waals surface area contributed by atoms with Crippen molar-refractivity contribution >= 4 is 28.7 Å². The zero-order valence-electron chi connectivity index (χ0n) is 10.4. The SMILES string of the molecule is CC(C)Cc1cccc(C(=O)c2sccc2Cl)c1. The molecule has 0 unspecified atom stereocenters.